The van der Waals surface area contributed by atoms with Gasteiger partial charge in [0.1, 0.15) is 19.3 Å². The van der Waals surface area contributed by atoms with Gasteiger partial charge in [0.25, 0.3) is 0 Å². The normalized spacial score (nSPS) is 21.6. The van der Waals surface area contributed by atoms with Crippen LogP contribution in [0.3, 0.4) is 0 Å². The smallest absolute Gasteiger partial charge is 0.211 e. The van der Waals surface area contributed by atoms with Crippen LogP contribution in [0.25, 0.3) is 11.2 Å². The molecule has 3 heterocycles. The Morgan fingerprint density at radius 1 is 1.43 bits per heavy atom. The molecule has 0 aliphatic carbocycles. The van der Waals surface area contributed by atoms with E-state index in [-0.39, 0.29) is 5.76 Å². The van der Waals surface area contributed by atoms with Crippen molar-refractivity contribution in [1.82, 2.24) is 19.5 Å². The molecule has 0 amide bonds. The van der Waals surface area contributed by atoms with E-state index in [0.717, 1.165) is 0 Å². The topological polar surface area (TPSA) is 138 Å². The van der Waals surface area contributed by atoms with Gasteiger partial charge in [0, 0.05) is 6.72 Å². The Morgan fingerprint density at radius 2 is 2.24 bits per heavy atom. The van der Waals surface area contributed by atoms with Crippen molar-refractivity contribution in [3.8, 4) is 0 Å². The van der Waals surface area contributed by atoms with Crippen LogP contribution in [0.2, 0.25) is 0 Å². The van der Waals surface area contributed by atoms with Crippen LogP contribution in [0, 0.1) is 0 Å². The number of nitrogens with one attached hydrogen (secondary N) is 1. The lowest BCUT2D eigenvalue weighted by Gasteiger charge is -2.17. The average molecular weight is 292 g/mol. The Labute approximate surface area is 118 Å². The first-order chi connectivity index (χ1) is 10.2. The molecule has 0 saturated heterocycles. The molecule has 2 aromatic rings. The first-order valence-corrected chi connectivity index (χ1v) is 5.94. The largest absolute Gasteiger partial charge is 0.506 e. The Morgan fingerprint density at radius 3 is 2.90 bits per heavy atom. The predicted molar refractivity (Wildman–Crippen MR) is 71.4 cm³/mol. The van der Waals surface area contributed by atoms with Crippen LogP contribution in [0.1, 0.15) is 6.23 Å². The molecule has 10 nitrogen and oxygen atoms in total. The second kappa shape index (κ2) is 5.00. The van der Waals surface area contributed by atoms with Crippen molar-refractivity contribution in [3.63, 3.8) is 0 Å². The SMILES string of the molecule is C=NNc1ncnc2c1ncn2[C@@H]1OC(CO)=C(O)[C@H]1O. The number of imidazole rings is 1. The summed E-state index contributed by atoms with van der Waals surface area (Å²) in [7, 11) is 0. The number of ether oxygens (including phenoxy) is 1. The molecule has 1 aliphatic rings. The Hall–Kier alpha value is -2.72. The first-order valence-electron chi connectivity index (χ1n) is 5.94. The van der Waals surface area contributed by atoms with E-state index < -0.39 is 24.7 Å². The van der Waals surface area contributed by atoms with Crippen LogP contribution in [0.4, 0.5) is 5.82 Å². The number of aliphatic hydroxyl groups excluding tert-OH is 3. The van der Waals surface area contributed by atoms with Gasteiger partial charge in [-0.25, -0.2) is 15.0 Å². The van der Waals surface area contributed by atoms with E-state index in [4.69, 9.17) is 9.84 Å². The van der Waals surface area contributed by atoms with E-state index in [0.29, 0.717) is 17.0 Å². The van der Waals surface area contributed by atoms with Gasteiger partial charge < -0.3 is 20.1 Å². The molecule has 1 aliphatic heterocycles. The molecule has 0 fully saturated rings. The fourth-order valence-corrected chi connectivity index (χ4v) is 2.09. The number of aromatic nitrogens is 4. The van der Waals surface area contributed by atoms with E-state index in [1.54, 1.807) is 0 Å². The molecule has 0 bridgehead atoms. The lowest BCUT2D eigenvalue weighted by Crippen LogP contribution is -2.22. The number of anilines is 1. The van der Waals surface area contributed by atoms with Crippen LogP contribution in [-0.4, -0.2) is 54.3 Å². The van der Waals surface area contributed by atoms with Crippen molar-refractivity contribution in [2.24, 2.45) is 5.10 Å². The molecule has 0 spiro atoms. The van der Waals surface area contributed by atoms with Gasteiger partial charge in [0.2, 0.25) is 6.23 Å². The zero-order chi connectivity index (χ0) is 15.0. The molecule has 0 unspecified atom stereocenters. The van der Waals surface area contributed by atoms with E-state index >= 15 is 0 Å². The van der Waals surface area contributed by atoms with E-state index in [9.17, 15) is 10.2 Å². The average Bonchev–Trinajstić information content (AvgIpc) is 3.03. The molecule has 3 rings (SSSR count). The first kappa shape index (κ1) is 13.3. The molecule has 0 saturated carbocycles. The molecule has 10 heteroatoms. The monoisotopic (exact) mass is 292 g/mol. The van der Waals surface area contributed by atoms with E-state index in [1.165, 1.54) is 17.2 Å². The molecule has 2 atom stereocenters. The summed E-state index contributed by atoms with van der Waals surface area (Å²) >= 11 is 0. The second-order valence-corrected chi connectivity index (χ2v) is 4.24. The van der Waals surface area contributed by atoms with Crippen molar-refractivity contribution in [2.45, 2.75) is 12.3 Å². The molecule has 4 N–H and O–H groups in total. The van der Waals surface area contributed by atoms with Crippen LogP contribution >= 0.6 is 0 Å². The molecule has 0 radical (unpaired) electrons. The molecule has 0 aromatic carbocycles. The summed E-state index contributed by atoms with van der Waals surface area (Å²) in [6.07, 6.45) is 0.370. The summed E-state index contributed by atoms with van der Waals surface area (Å²) in [6, 6.07) is 0. The predicted octanol–water partition coefficient (Wildman–Crippen LogP) is -0.495. The number of rotatable bonds is 4. The third kappa shape index (κ3) is 1.97. The minimum atomic E-state index is -1.33. The van der Waals surface area contributed by atoms with Gasteiger partial charge in [0.05, 0.1) is 0 Å². The molecule has 110 valence electrons. The van der Waals surface area contributed by atoms with E-state index in [1.807, 2.05) is 0 Å². The maximum atomic E-state index is 9.98. The number of hydrogen-bond donors (Lipinski definition) is 4. The van der Waals surface area contributed by atoms with Gasteiger partial charge >= 0.3 is 0 Å². The summed E-state index contributed by atoms with van der Waals surface area (Å²) in [5, 5.41) is 32.2. The van der Waals surface area contributed by atoms with Crippen LogP contribution in [-0.2, 0) is 4.74 Å². The van der Waals surface area contributed by atoms with Crippen molar-refractivity contribution in [2.75, 3.05) is 12.0 Å². The number of aliphatic hydroxyl groups is 3. The van der Waals surface area contributed by atoms with Crippen molar-refractivity contribution < 1.29 is 20.1 Å². The number of nitrogens with zero attached hydrogens (tertiary/aromatic N) is 5. The van der Waals surface area contributed by atoms with Gasteiger partial charge in [-0.15, -0.1) is 0 Å². The summed E-state index contributed by atoms with van der Waals surface area (Å²) in [4.78, 5) is 12.2. The highest BCUT2D eigenvalue weighted by molar-refractivity contribution is 5.82. The Kier molecular flexibility index (Phi) is 3.16. The summed E-state index contributed by atoms with van der Waals surface area (Å²) < 4.78 is 6.75. The third-order valence-corrected chi connectivity index (χ3v) is 3.06. The standard InChI is InChI=1S/C11H12N6O4/c1-12-16-9-6-10(14-3-13-9)17(4-15-6)11-8(20)7(19)5(2-18)21-11/h3-4,8,11,18-20H,1-2H2,(H,13,14,16)/t8-,11-/m1/s1. The maximum Gasteiger partial charge on any atom is 0.211 e. The molecular formula is C11H12N6O4. The van der Waals surface area contributed by atoms with Gasteiger partial charge in [-0.2, -0.15) is 5.10 Å². The van der Waals surface area contributed by atoms with Crippen LogP contribution in [0.5, 0.6) is 0 Å². The van der Waals surface area contributed by atoms with Gasteiger partial charge in [-0.3, -0.25) is 9.99 Å². The van der Waals surface area contributed by atoms with Crippen LogP contribution < -0.4 is 5.43 Å². The quantitative estimate of drug-likeness (QED) is 0.437. The maximum absolute atomic E-state index is 9.98. The second-order valence-electron chi connectivity index (χ2n) is 4.24. The lowest BCUT2D eigenvalue weighted by atomic mass is 10.2. The zero-order valence-corrected chi connectivity index (χ0v) is 10.7. The molecule has 2 aromatic heterocycles. The van der Waals surface area contributed by atoms with Crippen molar-refractivity contribution in [3.05, 3.63) is 24.2 Å². The minimum absolute atomic E-state index is 0.0884. The Bertz CT molecular complexity index is 727. The lowest BCUT2D eigenvalue weighted by molar-refractivity contribution is -0.0119. The van der Waals surface area contributed by atoms with Crippen molar-refractivity contribution in [1.29, 1.82) is 0 Å². The minimum Gasteiger partial charge on any atom is -0.506 e. The number of hydrogen-bond acceptors (Lipinski definition) is 9. The number of fused-ring (bicyclic) bond motifs is 1. The fourth-order valence-electron chi connectivity index (χ4n) is 2.09. The highest BCUT2D eigenvalue weighted by Gasteiger charge is 2.37. The zero-order valence-electron chi connectivity index (χ0n) is 10.7. The highest BCUT2D eigenvalue weighted by Crippen LogP contribution is 2.33. The van der Waals surface area contributed by atoms with Gasteiger partial charge in [0.15, 0.2) is 34.6 Å². The van der Waals surface area contributed by atoms with Gasteiger partial charge in [-0.05, 0) is 0 Å². The fraction of sp³-hybridized carbons (Fsp3) is 0.273. The van der Waals surface area contributed by atoms with Crippen molar-refractivity contribution >= 4 is 23.7 Å². The Balaban J connectivity index is 2.03. The van der Waals surface area contributed by atoms with Gasteiger partial charge in [-0.1, -0.05) is 0 Å². The van der Waals surface area contributed by atoms with E-state index in [2.05, 4.69) is 32.2 Å². The summed E-state index contributed by atoms with van der Waals surface area (Å²) in [5.74, 6) is -0.153. The number of hydrazone groups is 1. The molecular weight excluding hydrogens is 280 g/mol. The highest BCUT2D eigenvalue weighted by atomic mass is 16.5. The molecule has 21 heavy (non-hydrogen) atoms. The third-order valence-electron chi connectivity index (χ3n) is 3.06. The summed E-state index contributed by atoms with van der Waals surface area (Å²) in [6.45, 7) is 2.78. The summed E-state index contributed by atoms with van der Waals surface area (Å²) in [5.41, 5.74) is 3.35. The van der Waals surface area contributed by atoms with Crippen LogP contribution in [0.15, 0.2) is 29.3 Å².